The summed E-state index contributed by atoms with van der Waals surface area (Å²) in [5.74, 6) is 0.784. The van der Waals surface area contributed by atoms with Crippen molar-refractivity contribution in [3.05, 3.63) is 42.5 Å². The van der Waals surface area contributed by atoms with Crippen LogP contribution in [0.5, 0.6) is 5.75 Å². The van der Waals surface area contributed by atoms with Crippen LogP contribution in [-0.4, -0.2) is 7.11 Å². The van der Waals surface area contributed by atoms with Gasteiger partial charge in [0.2, 0.25) is 0 Å². The Hall–Kier alpha value is -2.16. The van der Waals surface area contributed by atoms with E-state index in [1.165, 1.54) is 0 Å². The van der Waals surface area contributed by atoms with E-state index in [4.69, 9.17) is 16.2 Å². The molecule has 0 spiro atoms. The number of anilines is 2. The number of nitrogens with two attached hydrogens (primary N) is 2. The quantitative estimate of drug-likeness (QED) is 0.755. The van der Waals surface area contributed by atoms with E-state index >= 15 is 0 Å². The van der Waals surface area contributed by atoms with Gasteiger partial charge in [0.1, 0.15) is 5.75 Å². The van der Waals surface area contributed by atoms with Crippen LogP contribution in [-0.2, 0) is 0 Å². The summed E-state index contributed by atoms with van der Waals surface area (Å²) in [6.07, 6.45) is 0. The summed E-state index contributed by atoms with van der Waals surface area (Å²) in [6.45, 7) is 0. The first kappa shape index (κ1) is 10.4. The highest BCUT2D eigenvalue weighted by Gasteiger charge is 2.04. The fourth-order valence-electron chi connectivity index (χ4n) is 1.62. The maximum absolute atomic E-state index is 5.93. The highest BCUT2D eigenvalue weighted by atomic mass is 16.5. The summed E-state index contributed by atoms with van der Waals surface area (Å²) in [6, 6.07) is 13.2. The normalized spacial score (nSPS) is 10.1. The Kier molecular flexibility index (Phi) is 2.68. The van der Waals surface area contributed by atoms with Crippen molar-refractivity contribution in [2.24, 2.45) is 0 Å². The third kappa shape index (κ3) is 1.93. The van der Waals surface area contributed by atoms with E-state index in [1.54, 1.807) is 7.11 Å². The summed E-state index contributed by atoms with van der Waals surface area (Å²) in [5, 5.41) is 0. The van der Waals surface area contributed by atoms with Crippen LogP contribution in [0.1, 0.15) is 0 Å². The molecule has 4 N–H and O–H groups in total. The van der Waals surface area contributed by atoms with Gasteiger partial charge in [0.15, 0.2) is 0 Å². The molecule has 0 fully saturated rings. The molecule has 0 aliphatic rings. The minimum absolute atomic E-state index is 0.714. The summed E-state index contributed by atoms with van der Waals surface area (Å²) in [5.41, 5.74) is 15.0. The topological polar surface area (TPSA) is 61.3 Å². The predicted octanol–water partition coefficient (Wildman–Crippen LogP) is 2.53. The largest absolute Gasteiger partial charge is 0.497 e. The van der Waals surface area contributed by atoms with Crippen LogP contribution in [0.15, 0.2) is 42.5 Å². The van der Waals surface area contributed by atoms with Crippen LogP contribution < -0.4 is 16.2 Å². The lowest BCUT2D eigenvalue weighted by Gasteiger charge is -2.08. The third-order valence-electron chi connectivity index (χ3n) is 2.46. The monoisotopic (exact) mass is 214 g/mol. The van der Waals surface area contributed by atoms with Gasteiger partial charge in [0, 0.05) is 16.9 Å². The first-order chi connectivity index (χ1) is 7.70. The molecule has 3 nitrogen and oxygen atoms in total. The molecule has 3 heteroatoms. The molecule has 0 aliphatic carbocycles. The lowest BCUT2D eigenvalue weighted by Crippen LogP contribution is -1.92. The summed E-state index contributed by atoms with van der Waals surface area (Å²) in [7, 11) is 1.63. The number of benzene rings is 2. The van der Waals surface area contributed by atoms with Crippen LogP contribution in [0.4, 0.5) is 11.4 Å². The lowest BCUT2D eigenvalue weighted by molar-refractivity contribution is 0.415. The summed E-state index contributed by atoms with van der Waals surface area (Å²) >= 11 is 0. The highest BCUT2D eigenvalue weighted by Crippen LogP contribution is 2.30. The van der Waals surface area contributed by atoms with E-state index in [0.29, 0.717) is 5.69 Å². The molecule has 0 aromatic heterocycles. The second kappa shape index (κ2) is 4.14. The molecule has 0 saturated carbocycles. The van der Waals surface area contributed by atoms with Gasteiger partial charge in [-0.15, -0.1) is 0 Å². The van der Waals surface area contributed by atoms with Gasteiger partial charge in [0.25, 0.3) is 0 Å². The first-order valence-corrected chi connectivity index (χ1v) is 5.00. The zero-order chi connectivity index (χ0) is 11.5. The minimum atomic E-state index is 0.714. The second-order valence-corrected chi connectivity index (χ2v) is 3.58. The van der Waals surface area contributed by atoms with Crippen molar-refractivity contribution < 1.29 is 4.74 Å². The predicted molar refractivity (Wildman–Crippen MR) is 67.3 cm³/mol. The van der Waals surface area contributed by atoms with Gasteiger partial charge in [-0.25, -0.2) is 0 Å². The van der Waals surface area contributed by atoms with Gasteiger partial charge >= 0.3 is 0 Å². The Morgan fingerprint density at radius 3 is 2.50 bits per heavy atom. The smallest absolute Gasteiger partial charge is 0.119 e. The van der Waals surface area contributed by atoms with Crippen molar-refractivity contribution in [1.82, 2.24) is 0 Å². The number of hydrogen-bond donors (Lipinski definition) is 2. The molecular formula is C13H14N2O. The van der Waals surface area contributed by atoms with Gasteiger partial charge in [-0.2, -0.15) is 0 Å². The Balaban J connectivity index is 2.54. The van der Waals surface area contributed by atoms with Crippen molar-refractivity contribution >= 4 is 11.4 Å². The molecule has 0 atom stereocenters. The molecule has 2 aromatic carbocycles. The van der Waals surface area contributed by atoms with Gasteiger partial charge in [-0.05, 0) is 35.9 Å². The molecule has 0 amide bonds. The Labute approximate surface area is 94.6 Å². The fourth-order valence-corrected chi connectivity index (χ4v) is 1.62. The third-order valence-corrected chi connectivity index (χ3v) is 2.46. The molecule has 82 valence electrons. The van der Waals surface area contributed by atoms with Gasteiger partial charge in [-0.3, -0.25) is 0 Å². The van der Waals surface area contributed by atoms with Crippen LogP contribution in [0.25, 0.3) is 11.1 Å². The number of ether oxygens (including phenoxy) is 1. The van der Waals surface area contributed by atoms with E-state index < -0.39 is 0 Å². The number of hydrogen-bond acceptors (Lipinski definition) is 3. The van der Waals surface area contributed by atoms with Gasteiger partial charge < -0.3 is 16.2 Å². The van der Waals surface area contributed by atoms with E-state index in [9.17, 15) is 0 Å². The minimum Gasteiger partial charge on any atom is -0.497 e. The van der Waals surface area contributed by atoms with Crippen molar-refractivity contribution in [2.75, 3.05) is 18.6 Å². The summed E-state index contributed by atoms with van der Waals surface area (Å²) < 4.78 is 5.17. The molecule has 16 heavy (non-hydrogen) atoms. The van der Waals surface area contributed by atoms with Gasteiger partial charge in [-0.1, -0.05) is 12.1 Å². The molecule has 0 bridgehead atoms. The van der Waals surface area contributed by atoms with Crippen molar-refractivity contribution in [1.29, 1.82) is 0 Å². The van der Waals surface area contributed by atoms with Crippen LogP contribution in [0.3, 0.4) is 0 Å². The number of methoxy groups -OCH3 is 1. The maximum atomic E-state index is 5.93. The summed E-state index contributed by atoms with van der Waals surface area (Å²) in [4.78, 5) is 0. The van der Waals surface area contributed by atoms with E-state index in [-0.39, 0.29) is 0 Å². The highest BCUT2D eigenvalue weighted by molar-refractivity contribution is 5.79. The second-order valence-electron chi connectivity index (χ2n) is 3.58. The molecule has 2 rings (SSSR count). The standard InChI is InChI=1S/C13H14N2O/c1-16-11-5-6-13(15)12(8-11)9-3-2-4-10(14)7-9/h2-8H,14-15H2,1H3. The SMILES string of the molecule is COc1ccc(N)c(-c2cccc(N)c2)c1. The Morgan fingerprint density at radius 2 is 1.81 bits per heavy atom. The Morgan fingerprint density at radius 1 is 1.00 bits per heavy atom. The Bertz CT molecular complexity index is 509. The number of rotatable bonds is 2. The van der Waals surface area contributed by atoms with Crippen molar-refractivity contribution in [2.45, 2.75) is 0 Å². The van der Waals surface area contributed by atoms with Crippen LogP contribution in [0.2, 0.25) is 0 Å². The van der Waals surface area contributed by atoms with Gasteiger partial charge in [0.05, 0.1) is 7.11 Å². The van der Waals surface area contributed by atoms with Crippen LogP contribution in [0, 0.1) is 0 Å². The fraction of sp³-hybridized carbons (Fsp3) is 0.0769. The zero-order valence-corrected chi connectivity index (χ0v) is 9.10. The average Bonchev–Trinajstić information content (AvgIpc) is 2.30. The molecule has 0 unspecified atom stereocenters. The zero-order valence-electron chi connectivity index (χ0n) is 9.10. The van der Waals surface area contributed by atoms with Crippen molar-refractivity contribution in [3.63, 3.8) is 0 Å². The van der Waals surface area contributed by atoms with E-state index in [2.05, 4.69) is 0 Å². The molecule has 0 aliphatic heterocycles. The van der Waals surface area contributed by atoms with E-state index in [0.717, 1.165) is 22.6 Å². The molecule has 2 aromatic rings. The number of nitrogen functional groups attached to an aromatic ring is 2. The molecule has 0 radical (unpaired) electrons. The molecular weight excluding hydrogens is 200 g/mol. The molecule has 0 saturated heterocycles. The first-order valence-electron chi connectivity index (χ1n) is 5.00. The van der Waals surface area contributed by atoms with Crippen molar-refractivity contribution in [3.8, 4) is 16.9 Å². The molecule has 0 heterocycles. The average molecular weight is 214 g/mol. The van der Waals surface area contributed by atoms with Crippen LogP contribution >= 0.6 is 0 Å². The van der Waals surface area contributed by atoms with E-state index in [1.807, 2.05) is 42.5 Å². The lowest BCUT2D eigenvalue weighted by atomic mass is 10.0. The maximum Gasteiger partial charge on any atom is 0.119 e.